The van der Waals surface area contributed by atoms with Crippen molar-refractivity contribution in [2.45, 2.75) is 64.2 Å². The summed E-state index contributed by atoms with van der Waals surface area (Å²) in [5.74, 6) is 1.07. The number of Topliss-reactive ketones (excluding diaryl/α,β-unsaturated/α-hetero) is 1. The van der Waals surface area contributed by atoms with Crippen molar-refractivity contribution in [2.24, 2.45) is 5.92 Å². The maximum atomic E-state index is 13.1. The first-order valence-electron chi connectivity index (χ1n) is 12.9. The van der Waals surface area contributed by atoms with Crippen LogP contribution in [0.1, 0.15) is 74.6 Å². The molecular weight excluding hydrogens is 434 g/mol. The van der Waals surface area contributed by atoms with Gasteiger partial charge in [-0.2, -0.15) is 0 Å². The lowest BCUT2D eigenvalue weighted by molar-refractivity contribution is -0.113. The molecule has 5 nitrogen and oxygen atoms in total. The molecule has 2 aliphatic carbocycles. The predicted octanol–water partition coefficient (Wildman–Crippen LogP) is 7.38. The van der Waals surface area contributed by atoms with Crippen LogP contribution < -0.4 is 5.32 Å². The number of amides is 1. The highest BCUT2D eigenvalue weighted by molar-refractivity contribution is 6.10. The zero-order chi connectivity index (χ0) is 24.2. The lowest BCUT2D eigenvalue weighted by Crippen LogP contribution is -2.15. The molecule has 1 heterocycles. The Labute approximate surface area is 206 Å². The van der Waals surface area contributed by atoms with E-state index in [4.69, 9.17) is 4.98 Å². The van der Waals surface area contributed by atoms with E-state index in [2.05, 4.69) is 16.9 Å². The normalized spacial score (nSPS) is 17.0. The molecule has 0 atom stereocenters. The fourth-order valence-corrected chi connectivity index (χ4v) is 5.25. The summed E-state index contributed by atoms with van der Waals surface area (Å²) in [5, 5.41) is 2.99. The Morgan fingerprint density at radius 3 is 2.43 bits per heavy atom. The molecule has 2 N–H and O–H groups in total. The number of aromatic amines is 1. The molecule has 0 radical (unpaired) electrons. The standard InChI is InChI=1S/C30H33N3O2/c1-20(21-9-5-2-3-6-10-21)28(34)24-15-18-26-27(19-24)33-29(32-26)22-13-16-25(17-14-22)31-30(35)23-11-7-4-8-12-23/h11,13-19,21H,1-10,12H2,(H,31,35)(H,32,33). The second-order valence-corrected chi connectivity index (χ2v) is 9.87. The lowest BCUT2D eigenvalue weighted by atomic mass is 9.87. The molecule has 1 saturated carbocycles. The molecule has 3 aromatic rings. The summed E-state index contributed by atoms with van der Waals surface area (Å²) < 4.78 is 0. The van der Waals surface area contributed by atoms with Crippen molar-refractivity contribution in [1.82, 2.24) is 9.97 Å². The van der Waals surface area contributed by atoms with Gasteiger partial charge in [0.25, 0.3) is 5.91 Å². The van der Waals surface area contributed by atoms with Gasteiger partial charge in [-0.15, -0.1) is 0 Å². The van der Waals surface area contributed by atoms with E-state index in [1.807, 2.05) is 48.5 Å². The van der Waals surface area contributed by atoms with Crippen molar-refractivity contribution in [1.29, 1.82) is 0 Å². The van der Waals surface area contributed by atoms with Gasteiger partial charge in [0.15, 0.2) is 5.78 Å². The summed E-state index contributed by atoms with van der Waals surface area (Å²) in [4.78, 5) is 33.7. The molecule has 1 aromatic heterocycles. The number of carbonyl (C=O) groups excluding carboxylic acids is 2. The van der Waals surface area contributed by atoms with E-state index < -0.39 is 0 Å². The number of anilines is 1. The maximum Gasteiger partial charge on any atom is 0.251 e. The van der Waals surface area contributed by atoms with Crippen molar-refractivity contribution in [3.8, 4) is 11.4 Å². The molecule has 2 aromatic carbocycles. The number of imidazole rings is 1. The monoisotopic (exact) mass is 467 g/mol. The van der Waals surface area contributed by atoms with Crippen LogP contribution in [-0.4, -0.2) is 21.7 Å². The molecular formula is C30H33N3O2. The van der Waals surface area contributed by atoms with Crippen molar-refractivity contribution in [3.63, 3.8) is 0 Å². The number of benzene rings is 2. The molecule has 0 aliphatic heterocycles. The molecule has 1 fully saturated rings. The van der Waals surface area contributed by atoms with Crippen molar-refractivity contribution in [2.75, 3.05) is 5.32 Å². The van der Waals surface area contributed by atoms with E-state index in [9.17, 15) is 9.59 Å². The van der Waals surface area contributed by atoms with Gasteiger partial charge in [-0.25, -0.2) is 4.98 Å². The number of carbonyl (C=O) groups is 2. The minimum absolute atomic E-state index is 0.0104. The quantitative estimate of drug-likeness (QED) is 0.226. The number of rotatable bonds is 6. The first-order valence-corrected chi connectivity index (χ1v) is 12.9. The third kappa shape index (κ3) is 5.29. The SMILES string of the molecule is C=C(C(=O)c1ccc2nc(-c3ccc(NC(=O)C4=CCCCC4)cc3)[nH]c2c1)C1CCCCCC1. The van der Waals surface area contributed by atoms with E-state index in [1.54, 1.807) is 0 Å². The summed E-state index contributed by atoms with van der Waals surface area (Å²) in [6, 6.07) is 13.3. The highest BCUT2D eigenvalue weighted by Crippen LogP contribution is 2.31. The number of nitrogens with one attached hydrogen (secondary N) is 2. The van der Waals surface area contributed by atoms with Crippen LogP contribution >= 0.6 is 0 Å². The van der Waals surface area contributed by atoms with Crippen LogP contribution in [0.4, 0.5) is 5.69 Å². The van der Waals surface area contributed by atoms with E-state index in [-0.39, 0.29) is 11.7 Å². The summed E-state index contributed by atoms with van der Waals surface area (Å²) in [6.07, 6.45) is 13.1. The van der Waals surface area contributed by atoms with Gasteiger partial charge in [0, 0.05) is 22.4 Å². The third-order valence-electron chi connectivity index (χ3n) is 7.38. The number of allylic oxidation sites excluding steroid dienone is 2. The molecule has 2 aliphatic rings. The number of nitrogens with zero attached hydrogens (tertiary/aromatic N) is 1. The Morgan fingerprint density at radius 1 is 0.943 bits per heavy atom. The zero-order valence-electron chi connectivity index (χ0n) is 20.2. The molecule has 5 rings (SSSR count). The molecule has 0 saturated heterocycles. The van der Waals surface area contributed by atoms with E-state index in [0.29, 0.717) is 11.5 Å². The Kier molecular flexibility index (Phi) is 6.94. The van der Waals surface area contributed by atoms with Gasteiger partial charge in [0.1, 0.15) is 5.82 Å². The summed E-state index contributed by atoms with van der Waals surface area (Å²) in [6.45, 7) is 4.18. The number of hydrogen-bond acceptors (Lipinski definition) is 3. The van der Waals surface area contributed by atoms with Gasteiger partial charge >= 0.3 is 0 Å². The number of fused-ring (bicyclic) bond motifs is 1. The fraction of sp³-hybridized carbons (Fsp3) is 0.367. The van der Waals surface area contributed by atoms with E-state index >= 15 is 0 Å². The van der Waals surface area contributed by atoms with E-state index in [1.165, 1.54) is 25.7 Å². The fourth-order valence-electron chi connectivity index (χ4n) is 5.25. The van der Waals surface area contributed by atoms with Gasteiger partial charge < -0.3 is 10.3 Å². The Bertz CT molecular complexity index is 1270. The van der Waals surface area contributed by atoms with Crippen molar-refractivity contribution >= 4 is 28.4 Å². The first-order chi connectivity index (χ1) is 17.1. The van der Waals surface area contributed by atoms with Crippen LogP contribution in [0.15, 0.2) is 66.3 Å². The molecule has 0 unspecified atom stereocenters. The third-order valence-corrected chi connectivity index (χ3v) is 7.38. The second kappa shape index (κ2) is 10.4. The molecule has 5 heteroatoms. The lowest BCUT2D eigenvalue weighted by Gasteiger charge is -2.16. The van der Waals surface area contributed by atoms with E-state index in [0.717, 1.165) is 77.8 Å². The van der Waals surface area contributed by atoms with Crippen LogP contribution in [-0.2, 0) is 4.79 Å². The molecule has 35 heavy (non-hydrogen) atoms. The van der Waals surface area contributed by atoms with Crippen LogP contribution in [0.5, 0.6) is 0 Å². The molecule has 0 spiro atoms. The number of hydrogen-bond donors (Lipinski definition) is 2. The smallest absolute Gasteiger partial charge is 0.251 e. The van der Waals surface area contributed by atoms with Gasteiger partial charge in [0.05, 0.1) is 11.0 Å². The van der Waals surface area contributed by atoms with Gasteiger partial charge in [-0.1, -0.05) is 38.3 Å². The number of ketones is 1. The maximum absolute atomic E-state index is 13.1. The predicted molar refractivity (Wildman–Crippen MR) is 141 cm³/mol. The average Bonchev–Trinajstić information content (AvgIpc) is 3.13. The summed E-state index contributed by atoms with van der Waals surface area (Å²) in [5.41, 5.74) is 5.63. The van der Waals surface area contributed by atoms with Crippen LogP contribution in [0, 0.1) is 5.92 Å². The molecule has 1 amide bonds. The minimum Gasteiger partial charge on any atom is -0.338 e. The summed E-state index contributed by atoms with van der Waals surface area (Å²) >= 11 is 0. The molecule has 180 valence electrons. The largest absolute Gasteiger partial charge is 0.338 e. The van der Waals surface area contributed by atoms with Crippen LogP contribution in [0.25, 0.3) is 22.4 Å². The highest BCUT2D eigenvalue weighted by atomic mass is 16.1. The number of H-pyrrole nitrogens is 1. The van der Waals surface area contributed by atoms with Gasteiger partial charge in [0.2, 0.25) is 0 Å². The van der Waals surface area contributed by atoms with Crippen molar-refractivity contribution < 1.29 is 9.59 Å². The van der Waals surface area contributed by atoms with Gasteiger partial charge in [-0.05, 0) is 92.5 Å². The second-order valence-electron chi connectivity index (χ2n) is 9.87. The minimum atomic E-state index is -0.0104. The van der Waals surface area contributed by atoms with Crippen molar-refractivity contribution in [3.05, 3.63) is 71.8 Å². The molecule has 0 bridgehead atoms. The van der Waals surface area contributed by atoms with Crippen LogP contribution in [0.3, 0.4) is 0 Å². The van der Waals surface area contributed by atoms with Crippen LogP contribution in [0.2, 0.25) is 0 Å². The Morgan fingerprint density at radius 2 is 1.71 bits per heavy atom. The Hall–Kier alpha value is -3.47. The van der Waals surface area contributed by atoms with Gasteiger partial charge in [-0.3, -0.25) is 9.59 Å². The summed E-state index contributed by atoms with van der Waals surface area (Å²) in [7, 11) is 0. The number of aromatic nitrogens is 2. The average molecular weight is 468 g/mol. The zero-order valence-corrected chi connectivity index (χ0v) is 20.2. The highest BCUT2D eigenvalue weighted by Gasteiger charge is 2.22. The topological polar surface area (TPSA) is 74.8 Å². The first kappa shape index (κ1) is 23.3. The Balaban J connectivity index is 1.30.